The van der Waals surface area contributed by atoms with Crippen molar-refractivity contribution < 1.29 is 9.31 Å². The van der Waals surface area contributed by atoms with Gasteiger partial charge in [-0.2, -0.15) is 4.68 Å². The van der Waals surface area contributed by atoms with Gasteiger partial charge in [-0.05, 0) is 11.0 Å². The van der Waals surface area contributed by atoms with Crippen molar-refractivity contribution in [3.05, 3.63) is 58.0 Å². The maximum Gasteiger partial charge on any atom is 0.389 e. The molecule has 6 heteroatoms. The molecule has 0 aliphatic carbocycles. The topological polar surface area (TPSA) is 61.0 Å². The average molecular weight is 221 g/mol. The summed E-state index contributed by atoms with van der Waals surface area (Å²) in [5.74, 6) is -0.586. The first-order valence-corrected chi connectivity index (χ1v) is 4.58. The number of halogens is 1. The molecule has 16 heavy (non-hydrogen) atoms. The van der Waals surface area contributed by atoms with Crippen LogP contribution in [0.1, 0.15) is 5.56 Å². The normalized spacial score (nSPS) is 10.3. The summed E-state index contributed by atoms with van der Waals surface area (Å²) >= 11 is 0. The lowest BCUT2D eigenvalue weighted by Crippen LogP contribution is -2.03. The van der Waals surface area contributed by atoms with Gasteiger partial charge >= 0.3 is 5.82 Å². The Labute approximate surface area is 90.3 Å². The average Bonchev–Trinajstić information content (AvgIpc) is 2.70. The van der Waals surface area contributed by atoms with Crippen LogP contribution in [0.15, 0.2) is 36.5 Å². The summed E-state index contributed by atoms with van der Waals surface area (Å²) in [6, 6.07) is 7.53. The standard InChI is InChI=1S/C10H8FN3O2/c11-9-4-2-1-3-8(9)7-13-6-5-10(12-13)14(15)16/h1-6H,7H2. The number of hydrogen-bond donors (Lipinski definition) is 0. The highest BCUT2D eigenvalue weighted by molar-refractivity contribution is 5.19. The monoisotopic (exact) mass is 221 g/mol. The van der Waals surface area contributed by atoms with Crippen molar-refractivity contribution in [1.29, 1.82) is 0 Å². The zero-order valence-electron chi connectivity index (χ0n) is 8.21. The Morgan fingerprint density at radius 3 is 2.75 bits per heavy atom. The molecule has 5 nitrogen and oxygen atoms in total. The Kier molecular flexibility index (Phi) is 2.63. The number of nitrogens with zero attached hydrogens (tertiary/aromatic N) is 3. The molecule has 0 atom stereocenters. The molecule has 0 aliphatic rings. The predicted molar refractivity (Wildman–Crippen MR) is 54.4 cm³/mol. The van der Waals surface area contributed by atoms with Gasteiger partial charge in [0, 0.05) is 5.56 Å². The SMILES string of the molecule is O=[N+]([O-])c1ccn(Cc2ccccc2F)n1. The highest BCUT2D eigenvalue weighted by atomic mass is 19.1. The number of nitro groups is 1. The lowest BCUT2D eigenvalue weighted by atomic mass is 10.2. The minimum Gasteiger partial charge on any atom is -0.358 e. The van der Waals surface area contributed by atoms with Crippen LogP contribution in [0.25, 0.3) is 0 Å². The number of aromatic nitrogens is 2. The molecule has 1 aromatic heterocycles. The van der Waals surface area contributed by atoms with Crippen LogP contribution in [-0.2, 0) is 6.54 Å². The van der Waals surface area contributed by atoms with Crippen molar-refractivity contribution in [2.75, 3.05) is 0 Å². The summed E-state index contributed by atoms with van der Waals surface area (Å²) in [5, 5.41) is 14.1. The van der Waals surface area contributed by atoms with Crippen molar-refractivity contribution in [3.8, 4) is 0 Å². The minimum absolute atomic E-state index is 0.181. The van der Waals surface area contributed by atoms with E-state index >= 15 is 0 Å². The zero-order chi connectivity index (χ0) is 11.5. The third-order valence-corrected chi connectivity index (χ3v) is 2.10. The lowest BCUT2D eigenvalue weighted by molar-refractivity contribution is -0.389. The molecule has 0 spiro atoms. The Balaban J connectivity index is 2.21. The molecule has 0 saturated carbocycles. The number of hydrogen-bond acceptors (Lipinski definition) is 3. The molecule has 0 fully saturated rings. The van der Waals surface area contributed by atoms with E-state index in [0.717, 1.165) is 0 Å². The van der Waals surface area contributed by atoms with Crippen molar-refractivity contribution in [1.82, 2.24) is 9.78 Å². The Bertz CT molecular complexity index is 524. The molecule has 82 valence electrons. The van der Waals surface area contributed by atoms with Gasteiger partial charge in [-0.25, -0.2) is 4.39 Å². The van der Waals surface area contributed by atoms with Crippen molar-refractivity contribution in [3.63, 3.8) is 0 Å². The fourth-order valence-corrected chi connectivity index (χ4v) is 1.34. The predicted octanol–water partition coefficient (Wildman–Crippen LogP) is 1.98. The maximum atomic E-state index is 13.3. The van der Waals surface area contributed by atoms with Crippen LogP contribution in [0.5, 0.6) is 0 Å². The quantitative estimate of drug-likeness (QED) is 0.588. The van der Waals surface area contributed by atoms with Crippen LogP contribution in [0.2, 0.25) is 0 Å². The molecular weight excluding hydrogens is 213 g/mol. The van der Waals surface area contributed by atoms with E-state index in [4.69, 9.17) is 0 Å². The fourth-order valence-electron chi connectivity index (χ4n) is 1.34. The molecule has 0 saturated heterocycles. The third-order valence-electron chi connectivity index (χ3n) is 2.10. The highest BCUT2D eigenvalue weighted by Gasteiger charge is 2.11. The molecule has 0 bridgehead atoms. The second-order valence-electron chi connectivity index (χ2n) is 3.22. The molecule has 0 amide bonds. The molecule has 2 rings (SSSR count). The first kappa shape index (κ1) is 10.3. The summed E-state index contributed by atoms with van der Waals surface area (Å²) in [7, 11) is 0. The third kappa shape index (κ3) is 2.05. The Morgan fingerprint density at radius 1 is 1.38 bits per heavy atom. The van der Waals surface area contributed by atoms with Gasteiger partial charge in [0.2, 0.25) is 0 Å². The summed E-state index contributed by atoms with van der Waals surface area (Å²) < 4.78 is 14.6. The molecular formula is C10H8FN3O2. The number of rotatable bonds is 3. The van der Waals surface area contributed by atoms with E-state index in [1.54, 1.807) is 18.2 Å². The van der Waals surface area contributed by atoms with Crippen molar-refractivity contribution >= 4 is 5.82 Å². The van der Waals surface area contributed by atoms with E-state index in [-0.39, 0.29) is 18.2 Å². The molecule has 0 radical (unpaired) electrons. The van der Waals surface area contributed by atoms with Crippen LogP contribution >= 0.6 is 0 Å². The van der Waals surface area contributed by atoms with Crippen molar-refractivity contribution in [2.24, 2.45) is 0 Å². The van der Waals surface area contributed by atoms with Gasteiger partial charge in [0.25, 0.3) is 0 Å². The first-order chi connectivity index (χ1) is 7.66. The van der Waals surface area contributed by atoms with E-state index in [0.29, 0.717) is 5.56 Å². The summed E-state index contributed by atoms with van der Waals surface area (Å²) in [4.78, 5) is 9.80. The highest BCUT2D eigenvalue weighted by Crippen LogP contribution is 2.10. The Hall–Kier alpha value is -2.24. The fraction of sp³-hybridized carbons (Fsp3) is 0.100. The molecule has 0 N–H and O–H groups in total. The summed E-state index contributed by atoms with van der Waals surface area (Å²) in [5.41, 5.74) is 0.445. The van der Waals surface area contributed by atoms with Crippen LogP contribution < -0.4 is 0 Å². The summed E-state index contributed by atoms with van der Waals surface area (Å²) in [6.45, 7) is 0.181. The zero-order valence-corrected chi connectivity index (χ0v) is 8.21. The first-order valence-electron chi connectivity index (χ1n) is 4.58. The van der Waals surface area contributed by atoms with Crippen molar-refractivity contribution in [2.45, 2.75) is 6.54 Å². The molecule has 0 unspecified atom stereocenters. The van der Waals surface area contributed by atoms with Gasteiger partial charge in [-0.15, -0.1) is 0 Å². The van der Waals surface area contributed by atoms with E-state index in [9.17, 15) is 14.5 Å². The number of benzene rings is 1. The minimum atomic E-state index is -0.585. The summed E-state index contributed by atoms with van der Waals surface area (Å²) in [6.07, 6.45) is 1.45. The van der Waals surface area contributed by atoms with E-state index in [2.05, 4.69) is 5.10 Å². The Morgan fingerprint density at radius 2 is 2.12 bits per heavy atom. The van der Waals surface area contributed by atoms with Gasteiger partial charge < -0.3 is 10.1 Å². The molecule has 1 aromatic carbocycles. The largest absolute Gasteiger partial charge is 0.389 e. The van der Waals surface area contributed by atoms with Gasteiger partial charge in [0.05, 0.1) is 23.9 Å². The van der Waals surface area contributed by atoms with Crippen LogP contribution in [0, 0.1) is 15.9 Å². The molecule has 1 heterocycles. The lowest BCUT2D eigenvalue weighted by Gasteiger charge is -1.99. The van der Waals surface area contributed by atoms with E-state index in [1.807, 2.05) is 0 Å². The van der Waals surface area contributed by atoms with Crippen LogP contribution in [-0.4, -0.2) is 14.7 Å². The second kappa shape index (κ2) is 4.09. The maximum absolute atomic E-state index is 13.3. The van der Waals surface area contributed by atoms with E-state index < -0.39 is 4.92 Å². The smallest absolute Gasteiger partial charge is 0.358 e. The second-order valence-corrected chi connectivity index (χ2v) is 3.22. The molecule has 2 aromatic rings. The van der Waals surface area contributed by atoms with Crippen LogP contribution in [0.3, 0.4) is 0 Å². The molecule has 0 aliphatic heterocycles. The van der Waals surface area contributed by atoms with E-state index in [1.165, 1.54) is 23.0 Å². The van der Waals surface area contributed by atoms with Crippen LogP contribution in [0.4, 0.5) is 10.2 Å². The van der Waals surface area contributed by atoms with Gasteiger partial charge in [-0.3, -0.25) is 0 Å². The van der Waals surface area contributed by atoms with Gasteiger partial charge in [0.1, 0.15) is 5.82 Å². The van der Waals surface area contributed by atoms with Gasteiger partial charge in [-0.1, -0.05) is 18.2 Å². The van der Waals surface area contributed by atoms with Gasteiger partial charge in [0.15, 0.2) is 0 Å².